The van der Waals surface area contributed by atoms with Gasteiger partial charge in [-0.05, 0) is 37.8 Å². The zero-order chi connectivity index (χ0) is 15.5. The van der Waals surface area contributed by atoms with Crippen LogP contribution in [-0.2, 0) is 11.2 Å². The Morgan fingerprint density at radius 3 is 3.09 bits per heavy atom. The van der Waals surface area contributed by atoms with E-state index in [0.29, 0.717) is 0 Å². The largest absolute Gasteiger partial charge is 0.490 e. The number of hydrogen-bond donors (Lipinski definition) is 2. The van der Waals surface area contributed by atoms with Crippen molar-refractivity contribution in [1.82, 2.24) is 15.5 Å². The lowest BCUT2D eigenvalue weighted by molar-refractivity contribution is -0.120. The Labute approximate surface area is 130 Å². The number of ether oxygens (including phenoxy) is 1. The molecule has 0 radical (unpaired) electrons. The summed E-state index contributed by atoms with van der Waals surface area (Å²) in [5, 5.41) is 11.3. The first-order chi connectivity index (χ1) is 10.7. The van der Waals surface area contributed by atoms with Gasteiger partial charge in [-0.3, -0.25) is 9.89 Å². The summed E-state index contributed by atoms with van der Waals surface area (Å²) in [6.07, 6.45) is 7.00. The average Bonchev–Trinajstić information content (AvgIpc) is 2.95. The van der Waals surface area contributed by atoms with Crippen molar-refractivity contribution in [3.8, 4) is 5.75 Å². The van der Waals surface area contributed by atoms with Crippen LogP contribution in [0.25, 0.3) is 10.9 Å². The van der Waals surface area contributed by atoms with Gasteiger partial charge in [0.2, 0.25) is 5.91 Å². The zero-order valence-corrected chi connectivity index (χ0v) is 13.2. The zero-order valence-electron chi connectivity index (χ0n) is 13.2. The first-order valence-electron chi connectivity index (χ1n) is 8.06. The Morgan fingerprint density at radius 1 is 1.45 bits per heavy atom. The van der Waals surface area contributed by atoms with Gasteiger partial charge in [0, 0.05) is 30.3 Å². The van der Waals surface area contributed by atoms with Crippen molar-refractivity contribution in [2.24, 2.45) is 0 Å². The SMILES string of the molecule is CCc1c(O[C@@H]2CCC[C@H](NC(C)=O)C2)ccc2[nH]ncc12. The molecule has 3 rings (SSSR count). The van der Waals surface area contributed by atoms with Crippen molar-refractivity contribution in [2.45, 2.75) is 58.1 Å². The van der Waals surface area contributed by atoms with E-state index in [1.807, 2.05) is 18.3 Å². The maximum atomic E-state index is 11.2. The Hall–Kier alpha value is -2.04. The minimum Gasteiger partial charge on any atom is -0.490 e. The van der Waals surface area contributed by atoms with Crippen molar-refractivity contribution >= 4 is 16.8 Å². The summed E-state index contributed by atoms with van der Waals surface area (Å²) < 4.78 is 6.27. The number of fused-ring (bicyclic) bond motifs is 1. The first kappa shape index (κ1) is 14.9. The number of carbonyl (C=O) groups excluding carboxylic acids is 1. The maximum absolute atomic E-state index is 11.2. The van der Waals surface area contributed by atoms with Crippen LogP contribution < -0.4 is 10.1 Å². The molecule has 0 unspecified atom stereocenters. The molecule has 1 amide bonds. The molecule has 2 aromatic rings. The number of carbonyl (C=O) groups is 1. The van der Waals surface area contributed by atoms with Crippen LogP contribution in [0.2, 0.25) is 0 Å². The van der Waals surface area contributed by atoms with Gasteiger partial charge in [-0.2, -0.15) is 5.10 Å². The lowest BCUT2D eigenvalue weighted by Gasteiger charge is -2.30. The van der Waals surface area contributed by atoms with Crippen molar-refractivity contribution in [3.63, 3.8) is 0 Å². The molecule has 5 heteroatoms. The van der Waals surface area contributed by atoms with Crippen LogP contribution in [0.3, 0.4) is 0 Å². The molecule has 0 spiro atoms. The van der Waals surface area contributed by atoms with Crippen molar-refractivity contribution < 1.29 is 9.53 Å². The third-order valence-electron chi connectivity index (χ3n) is 4.37. The molecule has 1 fully saturated rings. The number of H-pyrrole nitrogens is 1. The maximum Gasteiger partial charge on any atom is 0.217 e. The molecule has 1 heterocycles. The highest BCUT2D eigenvalue weighted by atomic mass is 16.5. The van der Waals surface area contributed by atoms with Crippen LogP contribution in [0.4, 0.5) is 0 Å². The fraction of sp³-hybridized carbons (Fsp3) is 0.529. The molecule has 1 saturated carbocycles. The van der Waals surface area contributed by atoms with Gasteiger partial charge in [-0.1, -0.05) is 6.92 Å². The lowest BCUT2D eigenvalue weighted by Crippen LogP contribution is -2.40. The van der Waals surface area contributed by atoms with E-state index >= 15 is 0 Å². The predicted molar refractivity (Wildman–Crippen MR) is 86.0 cm³/mol. The second-order valence-electron chi connectivity index (χ2n) is 6.03. The highest BCUT2D eigenvalue weighted by Crippen LogP contribution is 2.31. The normalized spacial score (nSPS) is 21.7. The number of nitrogens with zero attached hydrogens (tertiary/aromatic N) is 1. The van der Waals surface area contributed by atoms with Gasteiger partial charge >= 0.3 is 0 Å². The Kier molecular flexibility index (Phi) is 4.32. The molecule has 2 atom stereocenters. The Bertz CT molecular complexity index is 665. The summed E-state index contributed by atoms with van der Waals surface area (Å²) in [7, 11) is 0. The Balaban J connectivity index is 1.76. The summed E-state index contributed by atoms with van der Waals surface area (Å²) in [5.41, 5.74) is 2.25. The van der Waals surface area contributed by atoms with E-state index in [0.717, 1.165) is 48.8 Å². The van der Waals surface area contributed by atoms with Crippen molar-refractivity contribution in [2.75, 3.05) is 0 Å². The molecule has 1 aromatic heterocycles. The molecule has 22 heavy (non-hydrogen) atoms. The quantitative estimate of drug-likeness (QED) is 0.912. The number of nitrogens with one attached hydrogen (secondary N) is 2. The van der Waals surface area contributed by atoms with E-state index in [-0.39, 0.29) is 18.1 Å². The minimum atomic E-state index is 0.0414. The second kappa shape index (κ2) is 6.38. The summed E-state index contributed by atoms with van der Waals surface area (Å²) in [5.74, 6) is 0.990. The molecular weight excluding hydrogens is 278 g/mol. The smallest absolute Gasteiger partial charge is 0.217 e. The number of aryl methyl sites for hydroxylation is 1. The fourth-order valence-corrected chi connectivity index (χ4v) is 3.38. The summed E-state index contributed by atoms with van der Waals surface area (Å²) >= 11 is 0. The molecule has 1 aliphatic carbocycles. The number of aromatic nitrogens is 2. The molecule has 118 valence electrons. The van der Waals surface area contributed by atoms with Gasteiger partial charge in [0.05, 0.1) is 11.7 Å². The molecule has 1 aliphatic rings. The van der Waals surface area contributed by atoms with Crippen LogP contribution in [-0.4, -0.2) is 28.3 Å². The van der Waals surface area contributed by atoms with Crippen LogP contribution in [0.1, 0.15) is 45.1 Å². The third-order valence-corrected chi connectivity index (χ3v) is 4.37. The predicted octanol–water partition coefficient (Wildman–Crippen LogP) is 2.95. The average molecular weight is 301 g/mol. The number of hydrogen-bond acceptors (Lipinski definition) is 3. The topological polar surface area (TPSA) is 67.0 Å². The van der Waals surface area contributed by atoms with Crippen LogP contribution in [0, 0.1) is 0 Å². The minimum absolute atomic E-state index is 0.0414. The molecule has 0 aliphatic heterocycles. The highest BCUT2D eigenvalue weighted by Gasteiger charge is 2.24. The van der Waals surface area contributed by atoms with Gasteiger partial charge in [-0.25, -0.2) is 0 Å². The van der Waals surface area contributed by atoms with Crippen LogP contribution in [0.5, 0.6) is 5.75 Å². The van der Waals surface area contributed by atoms with E-state index in [4.69, 9.17) is 4.74 Å². The monoisotopic (exact) mass is 301 g/mol. The molecule has 0 bridgehead atoms. The van der Waals surface area contributed by atoms with Gasteiger partial charge < -0.3 is 10.1 Å². The van der Waals surface area contributed by atoms with E-state index in [1.54, 1.807) is 6.92 Å². The van der Waals surface area contributed by atoms with Gasteiger partial charge in [0.1, 0.15) is 11.9 Å². The van der Waals surface area contributed by atoms with E-state index < -0.39 is 0 Å². The number of amides is 1. The van der Waals surface area contributed by atoms with Crippen molar-refractivity contribution in [1.29, 1.82) is 0 Å². The third kappa shape index (κ3) is 3.08. The standard InChI is InChI=1S/C17H23N3O2/c1-3-14-15-10-18-20-16(15)7-8-17(14)22-13-6-4-5-12(9-13)19-11(2)21/h7-8,10,12-13H,3-6,9H2,1-2H3,(H,18,20)(H,19,21)/t12-,13+/m0/s1. The van der Waals surface area contributed by atoms with Gasteiger partial charge in [0.15, 0.2) is 0 Å². The van der Waals surface area contributed by atoms with Gasteiger partial charge in [-0.15, -0.1) is 0 Å². The number of benzene rings is 1. The summed E-state index contributed by atoms with van der Waals surface area (Å²) in [4.78, 5) is 11.2. The second-order valence-corrected chi connectivity index (χ2v) is 6.03. The van der Waals surface area contributed by atoms with Crippen LogP contribution in [0.15, 0.2) is 18.3 Å². The fourth-order valence-electron chi connectivity index (χ4n) is 3.38. The van der Waals surface area contributed by atoms with E-state index in [2.05, 4.69) is 22.4 Å². The summed E-state index contributed by atoms with van der Waals surface area (Å²) in [6, 6.07) is 4.28. The van der Waals surface area contributed by atoms with Crippen molar-refractivity contribution in [3.05, 3.63) is 23.9 Å². The first-order valence-corrected chi connectivity index (χ1v) is 8.06. The molecule has 1 aromatic carbocycles. The van der Waals surface area contributed by atoms with Crippen LogP contribution >= 0.6 is 0 Å². The molecule has 5 nitrogen and oxygen atoms in total. The highest BCUT2D eigenvalue weighted by molar-refractivity contribution is 5.84. The lowest BCUT2D eigenvalue weighted by atomic mass is 9.92. The molecular formula is C17H23N3O2. The number of aromatic amines is 1. The van der Waals surface area contributed by atoms with E-state index in [9.17, 15) is 4.79 Å². The molecule has 2 N–H and O–H groups in total. The summed E-state index contributed by atoms with van der Waals surface area (Å²) in [6.45, 7) is 3.71. The molecule has 0 saturated heterocycles. The van der Waals surface area contributed by atoms with E-state index in [1.165, 1.54) is 5.56 Å². The van der Waals surface area contributed by atoms with Gasteiger partial charge in [0.25, 0.3) is 0 Å². The Morgan fingerprint density at radius 2 is 2.32 bits per heavy atom. The number of rotatable bonds is 4.